The topological polar surface area (TPSA) is 29.0 Å². The lowest BCUT2D eigenvalue weighted by Gasteiger charge is -2.18. The van der Waals surface area contributed by atoms with E-state index in [-0.39, 0.29) is 6.54 Å². The number of halogens is 3. The van der Waals surface area contributed by atoms with Crippen LogP contribution in [0.5, 0.6) is 0 Å². The van der Waals surface area contributed by atoms with Crippen molar-refractivity contribution in [3.63, 3.8) is 0 Å². The summed E-state index contributed by atoms with van der Waals surface area (Å²) in [5, 5.41) is 0.313. The zero-order valence-corrected chi connectivity index (χ0v) is 9.58. The van der Waals surface area contributed by atoms with Gasteiger partial charge in [0.15, 0.2) is 0 Å². The Morgan fingerprint density at radius 2 is 2.19 bits per heavy atom. The van der Waals surface area contributed by atoms with Crippen LogP contribution in [-0.4, -0.2) is 30.0 Å². The molecule has 0 atom stereocenters. The highest BCUT2D eigenvalue weighted by atomic mass is 35.5. The Balaban J connectivity index is 2.19. The molecule has 1 aromatic heterocycles. The fourth-order valence-corrected chi connectivity index (χ4v) is 1.63. The van der Waals surface area contributed by atoms with E-state index in [4.69, 9.17) is 11.6 Å². The molecule has 3 nitrogen and oxygen atoms in total. The minimum Gasteiger partial charge on any atom is -0.354 e. The van der Waals surface area contributed by atoms with Gasteiger partial charge in [-0.25, -0.2) is 18.7 Å². The van der Waals surface area contributed by atoms with Crippen molar-refractivity contribution < 1.29 is 8.78 Å². The summed E-state index contributed by atoms with van der Waals surface area (Å²) >= 11 is 5.84. The van der Waals surface area contributed by atoms with Crippen LogP contribution in [-0.2, 0) is 0 Å². The molecular formula is C10H12ClF2N3. The molecule has 0 spiro atoms. The van der Waals surface area contributed by atoms with Gasteiger partial charge in [-0.1, -0.05) is 11.6 Å². The van der Waals surface area contributed by atoms with Gasteiger partial charge in [0, 0.05) is 19.0 Å². The molecule has 0 aromatic carbocycles. The monoisotopic (exact) mass is 247 g/mol. The summed E-state index contributed by atoms with van der Waals surface area (Å²) in [7, 11) is 1.57. The standard InChI is InChI=1S/C10H12ClF2N3/c1-16(5-8(12)13)9-4-7(11)14-10(15-9)6-2-3-6/h4,6,8H,2-3,5H2,1H3. The molecule has 1 saturated carbocycles. The number of aromatic nitrogens is 2. The summed E-state index contributed by atoms with van der Waals surface area (Å²) < 4.78 is 24.4. The zero-order chi connectivity index (χ0) is 11.7. The van der Waals surface area contributed by atoms with Crippen molar-refractivity contribution in [3.8, 4) is 0 Å². The van der Waals surface area contributed by atoms with Gasteiger partial charge in [0.05, 0.1) is 6.54 Å². The molecule has 0 radical (unpaired) electrons. The molecule has 1 aliphatic carbocycles. The Kier molecular flexibility index (Phi) is 3.23. The minimum absolute atomic E-state index is 0.313. The predicted octanol–water partition coefficient (Wildman–Crippen LogP) is 2.71. The largest absolute Gasteiger partial charge is 0.354 e. The lowest BCUT2D eigenvalue weighted by molar-refractivity contribution is 0.156. The molecule has 0 N–H and O–H groups in total. The number of hydrogen-bond acceptors (Lipinski definition) is 3. The Hall–Kier alpha value is -0.970. The molecule has 1 aliphatic rings. The number of alkyl halides is 2. The fraction of sp³-hybridized carbons (Fsp3) is 0.600. The van der Waals surface area contributed by atoms with Gasteiger partial charge in [-0.3, -0.25) is 0 Å². The highest BCUT2D eigenvalue weighted by Crippen LogP contribution is 2.39. The lowest BCUT2D eigenvalue weighted by Crippen LogP contribution is -2.25. The fourth-order valence-electron chi connectivity index (χ4n) is 1.44. The third kappa shape index (κ3) is 2.78. The van der Waals surface area contributed by atoms with E-state index in [1.54, 1.807) is 7.05 Å². The van der Waals surface area contributed by atoms with Gasteiger partial charge in [-0.05, 0) is 12.8 Å². The first-order chi connectivity index (χ1) is 7.56. The molecule has 0 aliphatic heterocycles. The zero-order valence-electron chi connectivity index (χ0n) is 8.83. The van der Waals surface area contributed by atoms with Crippen LogP contribution in [0, 0.1) is 0 Å². The molecule has 0 unspecified atom stereocenters. The molecular weight excluding hydrogens is 236 g/mol. The third-order valence-electron chi connectivity index (χ3n) is 2.44. The smallest absolute Gasteiger partial charge is 0.255 e. The van der Waals surface area contributed by atoms with E-state index in [9.17, 15) is 8.78 Å². The van der Waals surface area contributed by atoms with E-state index in [0.29, 0.717) is 22.7 Å². The summed E-state index contributed by atoms with van der Waals surface area (Å²) in [4.78, 5) is 9.74. The van der Waals surface area contributed by atoms with Crippen molar-refractivity contribution in [1.82, 2.24) is 9.97 Å². The maximum Gasteiger partial charge on any atom is 0.255 e. The van der Waals surface area contributed by atoms with E-state index in [2.05, 4.69) is 9.97 Å². The van der Waals surface area contributed by atoms with Crippen molar-refractivity contribution in [2.45, 2.75) is 25.2 Å². The van der Waals surface area contributed by atoms with E-state index < -0.39 is 6.43 Å². The number of hydrogen-bond donors (Lipinski definition) is 0. The van der Waals surface area contributed by atoms with Gasteiger partial charge < -0.3 is 4.90 Å². The summed E-state index contributed by atoms with van der Waals surface area (Å²) in [5.74, 6) is 1.49. The SMILES string of the molecule is CN(CC(F)F)c1cc(Cl)nc(C2CC2)n1. The van der Waals surface area contributed by atoms with E-state index in [1.807, 2.05) is 0 Å². The Bertz CT molecular complexity index is 382. The first kappa shape index (κ1) is 11.5. The number of nitrogens with zero attached hydrogens (tertiary/aromatic N) is 3. The van der Waals surface area contributed by atoms with E-state index in [1.165, 1.54) is 11.0 Å². The molecule has 1 aromatic rings. The quantitative estimate of drug-likeness (QED) is 0.766. The third-order valence-corrected chi connectivity index (χ3v) is 2.64. The molecule has 6 heteroatoms. The predicted molar refractivity (Wildman–Crippen MR) is 58.3 cm³/mol. The van der Waals surface area contributed by atoms with Gasteiger partial charge in [-0.15, -0.1) is 0 Å². The van der Waals surface area contributed by atoms with Crippen molar-refractivity contribution in [1.29, 1.82) is 0 Å². The minimum atomic E-state index is -2.39. The van der Waals surface area contributed by atoms with E-state index in [0.717, 1.165) is 12.8 Å². The second kappa shape index (κ2) is 4.49. The van der Waals surface area contributed by atoms with Crippen LogP contribution in [0.1, 0.15) is 24.6 Å². The van der Waals surface area contributed by atoms with Crippen LogP contribution < -0.4 is 4.90 Å². The van der Waals surface area contributed by atoms with Crippen LogP contribution >= 0.6 is 11.6 Å². The van der Waals surface area contributed by atoms with Crippen LogP contribution in [0.25, 0.3) is 0 Å². The van der Waals surface area contributed by atoms with Crippen molar-refractivity contribution in [3.05, 3.63) is 17.0 Å². The number of rotatable bonds is 4. The van der Waals surface area contributed by atoms with Gasteiger partial charge >= 0.3 is 0 Å². The molecule has 0 saturated heterocycles. The highest BCUT2D eigenvalue weighted by molar-refractivity contribution is 6.29. The second-order valence-corrected chi connectivity index (χ2v) is 4.34. The molecule has 2 rings (SSSR count). The number of anilines is 1. The van der Waals surface area contributed by atoms with Gasteiger partial charge in [0.1, 0.15) is 16.8 Å². The second-order valence-electron chi connectivity index (χ2n) is 3.95. The van der Waals surface area contributed by atoms with Gasteiger partial charge in [-0.2, -0.15) is 0 Å². The molecule has 16 heavy (non-hydrogen) atoms. The Labute approximate surface area is 97.4 Å². The molecule has 0 bridgehead atoms. The first-order valence-corrected chi connectivity index (χ1v) is 5.48. The molecule has 1 heterocycles. The van der Waals surface area contributed by atoms with Crippen molar-refractivity contribution in [2.24, 2.45) is 0 Å². The molecule has 1 fully saturated rings. The van der Waals surface area contributed by atoms with Crippen LogP contribution in [0.15, 0.2) is 6.07 Å². The average Bonchev–Trinajstić information content (AvgIpc) is 2.98. The first-order valence-electron chi connectivity index (χ1n) is 5.10. The summed E-state index contributed by atoms with van der Waals surface area (Å²) in [6.45, 7) is -0.350. The van der Waals surface area contributed by atoms with E-state index >= 15 is 0 Å². The lowest BCUT2D eigenvalue weighted by atomic mass is 10.4. The van der Waals surface area contributed by atoms with Crippen molar-refractivity contribution >= 4 is 17.4 Å². The highest BCUT2D eigenvalue weighted by Gasteiger charge is 2.27. The normalized spacial score (nSPS) is 15.6. The Morgan fingerprint density at radius 3 is 2.75 bits per heavy atom. The molecule has 0 amide bonds. The Morgan fingerprint density at radius 1 is 1.50 bits per heavy atom. The van der Waals surface area contributed by atoms with Crippen LogP contribution in [0.4, 0.5) is 14.6 Å². The van der Waals surface area contributed by atoms with Gasteiger partial charge in [0.25, 0.3) is 6.43 Å². The summed E-state index contributed by atoms with van der Waals surface area (Å²) in [6, 6.07) is 1.51. The van der Waals surface area contributed by atoms with Gasteiger partial charge in [0.2, 0.25) is 0 Å². The summed E-state index contributed by atoms with van der Waals surface area (Å²) in [5.41, 5.74) is 0. The van der Waals surface area contributed by atoms with Crippen LogP contribution in [0.2, 0.25) is 5.15 Å². The molecule has 88 valence electrons. The van der Waals surface area contributed by atoms with Crippen LogP contribution in [0.3, 0.4) is 0 Å². The summed E-state index contributed by atoms with van der Waals surface area (Å²) in [6.07, 6.45) is -0.278. The average molecular weight is 248 g/mol. The van der Waals surface area contributed by atoms with Crippen molar-refractivity contribution in [2.75, 3.05) is 18.5 Å². The maximum absolute atomic E-state index is 12.2. The maximum atomic E-state index is 12.2.